The molecule has 0 unspecified atom stereocenters. The molecule has 0 aliphatic heterocycles. The largest absolute Gasteiger partial charge is 0.325 e. The molecular weight excluding hydrogens is 382 g/mol. The van der Waals surface area contributed by atoms with E-state index in [1.54, 1.807) is 11.8 Å². The number of rotatable bonds is 7. The second-order valence-electron chi connectivity index (χ2n) is 7.06. The first-order valence-corrected chi connectivity index (χ1v) is 10.8. The molecule has 0 spiro atoms. The van der Waals surface area contributed by atoms with Crippen molar-refractivity contribution in [3.8, 4) is 0 Å². The van der Waals surface area contributed by atoms with Crippen molar-refractivity contribution in [2.24, 2.45) is 0 Å². The fourth-order valence-electron chi connectivity index (χ4n) is 3.53. The average Bonchev–Trinajstić information content (AvgIpc) is 3.21. The number of para-hydroxylation sites is 1. The van der Waals surface area contributed by atoms with Crippen LogP contribution in [-0.4, -0.2) is 21.2 Å². The minimum absolute atomic E-state index is 0.0261. The van der Waals surface area contributed by atoms with Crippen LogP contribution in [0, 0.1) is 0 Å². The SMILES string of the molecule is O=C(Cn1c(SCCc2ccccc2)nc2c(c1=O)CCC2)Nc1ccccc1. The van der Waals surface area contributed by atoms with Crippen molar-refractivity contribution in [3.05, 3.63) is 87.8 Å². The van der Waals surface area contributed by atoms with Gasteiger partial charge in [0.25, 0.3) is 5.56 Å². The number of hydrogen-bond acceptors (Lipinski definition) is 4. The molecule has 29 heavy (non-hydrogen) atoms. The Hall–Kier alpha value is -2.86. The molecular formula is C23H23N3O2S. The summed E-state index contributed by atoms with van der Waals surface area (Å²) >= 11 is 1.54. The Balaban J connectivity index is 1.53. The van der Waals surface area contributed by atoms with Crippen molar-refractivity contribution in [1.82, 2.24) is 9.55 Å². The van der Waals surface area contributed by atoms with Gasteiger partial charge in [0.2, 0.25) is 5.91 Å². The van der Waals surface area contributed by atoms with Crippen molar-refractivity contribution in [3.63, 3.8) is 0 Å². The van der Waals surface area contributed by atoms with E-state index in [1.165, 1.54) is 10.1 Å². The lowest BCUT2D eigenvalue weighted by molar-refractivity contribution is -0.116. The van der Waals surface area contributed by atoms with E-state index in [1.807, 2.05) is 48.5 Å². The summed E-state index contributed by atoms with van der Waals surface area (Å²) in [4.78, 5) is 30.4. The third kappa shape index (κ3) is 4.77. The highest BCUT2D eigenvalue weighted by Gasteiger charge is 2.22. The Morgan fingerprint density at radius 1 is 1.03 bits per heavy atom. The highest BCUT2D eigenvalue weighted by Crippen LogP contribution is 2.22. The van der Waals surface area contributed by atoms with Gasteiger partial charge < -0.3 is 5.32 Å². The predicted molar refractivity (Wildman–Crippen MR) is 116 cm³/mol. The molecule has 5 nitrogen and oxygen atoms in total. The van der Waals surface area contributed by atoms with Gasteiger partial charge in [0.1, 0.15) is 6.54 Å². The number of fused-ring (bicyclic) bond motifs is 1. The lowest BCUT2D eigenvalue weighted by Gasteiger charge is -2.14. The molecule has 0 fully saturated rings. The molecule has 1 aliphatic rings. The van der Waals surface area contributed by atoms with Gasteiger partial charge in [-0.2, -0.15) is 0 Å². The molecule has 148 valence electrons. The lowest BCUT2D eigenvalue weighted by Crippen LogP contribution is -2.32. The van der Waals surface area contributed by atoms with E-state index >= 15 is 0 Å². The first-order valence-electron chi connectivity index (χ1n) is 9.85. The topological polar surface area (TPSA) is 64.0 Å². The lowest BCUT2D eigenvalue weighted by atomic mass is 10.2. The fourth-order valence-corrected chi connectivity index (χ4v) is 4.53. The van der Waals surface area contributed by atoms with Crippen LogP contribution in [0.4, 0.5) is 5.69 Å². The summed E-state index contributed by atoms with van der Waals surface area (Å²) in [5, 5.41) is 3.49. The maximum atomic E-state index is 13.0. The highest BCUT2D eigenvalue weighted by atomic mass is 32.2. The number of aromatic nitrogens is 2. The van der Waals surface area contributed by atoms with E-state index < -0.39 is 0 Å². The van der Waals surface area contributed by atoms with Gasteiger partial charge in [0, 0.05) is 17.0 Å². The highest BCUT2D eigenvalue weighted by molar-refractivity contribution is 7.99. The van der Waals surface area contributed by atoms with Crippen molar-refractivity contribution in [1.29, 1.82) is 0 Å². The van der Waals surface area contributed by atoms with Crippen LogP contribution in [0.5, 0.6) is 0 Å². The molecule has 1 amide bonds. The number of nitrogens with zero attached hydrogens (tertiary/aromatic N) is 2. The van der Waals surface area contributed by atoms with Gasteiger partial charge in [-0.3, -0.25) is 14.2 Å². The number of benzene rings is 2. The van der Waals surface area contributed by atoms with Crippen LogP contribution in [0.25, 0.3) is 0 Å². The fraction of sp³-hybridized carbons (Fsp3) is 0.261. The maximum absolute atomic E-state index is 13.0. The number of carbonyl (C=O) groups is 1. The summed E-state index contributed by atoms with van der Waals surface area (Å²) in [6, 6.07) is 19.5. The third-order valence-electron chi connectivity index (χ3n) is 4.98. The standard InChI is InChI=1S/C23H23N3O2S/c27-21(24-18-10-5-2-6-11-18)16-26-22(28)19-12-7-13-20(19)25-23(26)29-15-14-17-8-3-1-4-9-17/h1-6,8-11H,7,12-16H2,(H,24,27). The Morgan fingerprint density at radius 3 is 2.52 bits per heavy atom. The van der Waals surface area contributed by atoms with Crippen molar-refractivity contribution in [2.75, 3.05) is 11.1 Å². The van der Waals surface area contributed by atoms with E-state index in [-0.39, 0.29) is 18.0 Å². The minimum atomic E-state index is -0.219. The van der Waals surface area contributed by atoms with Crippen LogP contribution in [-0.2, 0) is 30.6 Å². The normalized spacial score (nSPS) is 12.6. The van der Waals surface area contributed by atoms with Gasteiger partial charge in [-0.15, -0.1) is 0 Å². The minimum Gasteiger partial charge on any atom is -0.325 e. The van der Waals surface area contributed by atoms with E-state index in [4.69, 9.17) is 4.98 Å². The van der Waals surface area contributed by atoms with Crippen LogP contribution in [0.1, 0.15) is 23.2 Å². The molecule has 0 radical (unpaired) electrons. The van der Waals surface area contributed by atoms with Gasteiger partial charge in [-0.1, -0.05) is 60.3 Å². The number of hydrogen-bond donors (Lipinski definition) is 1. The number of thioether (sulfide) groups is 1. The number of aryl methyl sites for hydroxylation is 2. The molecule has 1 N–H and O–H groups in total. The van der Waals surface area contributed by atoms with Crippen LogP contribution in [0.2, 0.25) is 0 Å². The molecule has 0 saturated heterocycles. The molecule has 1 aromatic heterocycles. The molecule has 1 aliphatic carbocycles. The molecule has 0 saturated carbocycles. The third-order valence-corrected chi connectivity index (χ3v) is 5.96. The van der Waals surface area contributed by atoms with Crippen molar-refractivity contribution >= 4 is 23.4 Å². The van der Waals surface area contributed by atoms with Crippen LogP contribution in [0.15, 0.2) is 70.6 Å². The van der Waals surface area contributed by atoms with E-state index in [0.29, 0.717) is 5.16 Å². The van der Waals surface area contributed by atoms with Gasteiger partial charge in [0.05, 0.1) is 5.69 Å². The monoisotopic (exact) mass is 405 g/mol. The first-order chi connectivity index (χ1) is 14.2. The second kappa shape index (κ2) is 9.09. The van der Waals surface area contributed by atoms with Crippen LogP contribution >= 0.6 is 11.8 Å². The zero-order chi connectivity index (χ0) is 20.1. The summed E-state index contributed by atoms with van der Waals surface area (Å²) < 4.78 is 1.54. The molecule has 4 rings (SSSR count). The Labute approximate surface area is 174 Å². The Morgan fingerprint density at radius 2 is 1.76 bits per heavy atom. The number of nitrogens with one attached hydrogen (secondary N) is 1. The summed E-state index contributed by atoms with van der Waals surface area (Å²) in [6.45, 7) is -0.0261. The smallest absolute Gasteiger partial charge is 0.258 e. The predicted octanol–water partition coefficient (Wildman–Crippen LogP) is 3.71. The summed E-state index contributed by atoms with van der Waals surface area (Å²) in [5.74, 6) is 0.582. The molecule has 3 aromatic rings. The summed E-state index contributed by atoms with van der Waals surface area (Å²) in [5.41, 5.74) is 3.56. The molecule has 1 heterocycles. The van der Waals surface area contributed by atoms with Crippen LogP contribution in [0.3, 0.4) is 0 Å². The quantitative estimate of drug-likeness (QED) is 0.481. The van der Waals surface area contributed by atoms with E-state index in [0.717, 1.165) is 48.4 Å². The van der Waals surface area contributed by atoms with E-state index in [9.17, 15) is 9.59 Å². The number of anilines is 1. The zero-order valence-electron chi connectivity index (χ0n) is 16.1. The zero-order valence-corrected chi connectivity index (χ0v) is 17.0. The van der Waals surface area contributed by atoms with E-state index in [2.05, 4.69) is 17.4 Å². The molecule has 6 heteroatoms. The number of amides is 1. The molecule has 2 aromatic carbocycles. The van der Waals surface area contributed by atoms with Gasteiger partial charge in [0.15, 0.2) is 5.16 Å². The molecule has 0 atom stereocenters. The molecule has 0 bridgehead atoms. The Bertz CT molecular complexity index is 1050. The number of carbonyl (C=O) groups excluding carboxylic acids is 1. The summed E-state index contributed by atoms with van der Waals surface area (Å²) in [6.07, 6.45) is 3.42. The Kier molecular flexibility index (Phi) is 6.10. The van der Waals surface area contributed by atoms with Gasteiger partial charge in [-0.05, 0) is 43.4 Å². The average molecular weight is 406 g/mol. The van der Waals surface area contributed by atoms with Gasteiger partial charge >= 0.3 is 0 Å². The first kappa shape index (κ1) is 19.5. The van der Waals surface area contributed by atoms with Crippen LogP contribution < -0.4 is 10.9 Å². The van der Waals surface area contributed by atoms with Crippen molar-refractivity contribution in [2.45, 2.75) is 37.4 Å². The summed E-state index contributed by atoms with van der Waals surface area (Å²) in [7, 11) is 0. The second-order valence-corrected chi connectivity index (χ2v) is 8.12. The maximum Gasteiger partial charge on any atom is 0.258 e. The van der Waals surface area contributed by atoms with Crippen molar-refractivity contribution < 1.29 is 4.79 Å². The van der Waals surface area contributed by atoms with Gasteiger partial charge in [-0.25, -0.2) is 4.98 Å².